The fraction of sp³-hybridized carbons (Fsp3) is 0.222. The summed E-state index contributed by atoms with van der Waals surface area (Å²) in [6.45, 7) is 0. The molecule has 0 spiro atoms. The highest BCUT2D eigenvalue weighted by atomic mass is 35.5. The third kappa shape index (κ3) is 2.30. The number of rotatable bonds is 2. The van der Waals surface area contributed by atoms with Gasteiger partial charge >= 0.3 is 0 Å². The number of benzene rings is 2. The van der Waals surface area contributed by atoms with Crippen LogP contribution in [0.3, 0.4) is 0 Å². The average Bonchev–Trinajstić information content (AvgIpc) is 3.04. The van der Waals surface area contributed by atoms with Crippen molar-refractivity contribution in [3.05, 3.63) is 80.9 Å². The van der Waals surface area contributed by atoms with Crippen LogP contribution in [0, 0.1) is 16.0 Å². The highest BCUT2D eigenvalue weighted by Crippen LogP contribution is 2.51. The van der Waals surface area contributed by atoms with Gasteiger partial charge in [-0.3, -0.25) is 10.1 Å². The van der Waals surface area contributed by atoms with Gasteiger partial charge in [-0.25, -0.2) is 0 Å². The summed E-state index contributed by atoms with van der Waals surface area (Å²) in [6.07, 6.45) is 5.45. The molecule has 0 unspecified atom stereocenters. The minimum atomic E-state index is -0.371. The number of nitro groups is 1. The molecule has 0 aromatic heterocycles. The molecule has 0 fully saturated rings. The van der Waals surface area contributed by atoms with Gasteiger partial charge in [0.15, 0.2) is 0 Å². The van der Waals surface area contributed by atoms with Crippen molar-refractivity contribution in [3.8, 4) is 0 Å². The van der Waals surface area contributed by atoms with Crippen molar-refractivity contribution < 1.29 is 4.92 Å². The molecule has 23 heavy (non-hydrogen) atoms. The van der Waals surface area contributed by atoms with E-state index in [1.165, 1.54) is 5.56 Å². The molecular formula is C18H15ClN2O2. The van der Waals surface area contributed by atoms with Crippen LogP contribution in [0.5, 0.6) is 0 Å². The summed E-state index contributed by atoms with van der Waals surface area (Å²) in [5.41, 5.74) is 3.38. The van der Waals surface area contributed by atoms with E-state index in [0.717, 1.165) is 17.7 Å². The first-order valence-electron chi connectivity index (χ1n) is 7.61. The number of anilines is 1. The Labute approximate surface area is 138 Å². The van der Waals surface area contributed by atoms with Crippen LogP contribution in [-0.2, 0) is 0 Å². The number of nitrogens with zero attached hydrogens (tertiary/aromatic N) is 1. The molecule has 0 saturated heterocycles. The lowest BCUT2D eigenvalue weighted by Crippen LogP contribution is -2.29. The zero-order chi connectivity index (χ0) is 16.0. The molecule has 3 atom stereocenters. The number of nitrogens with one attached hydrogen (secondary N) is 1. The van der Waals surface area contributed by atoms with E-state index in [9.17, 15) is 10.1 Å². The molecule has 4 rings (SSSR count). The van der Waals surface area contributed by atoms with E-state index in [-0.39, 0.29) is 16.7 Å². The number of halogens is 1. The number of hydrogen-bond donors (Lipinski definition) is 1. The van der Waals surface area contributed by atoms with E-state index < -0.39 is 0 Å². The first-order chi connectivity index (χ1) is 11.1. The van der Waals surface area contributed by atoms with Gasteiger partial charge in [0, 0.05) is 18.1 Å². The zero-order valence-corrected chi connectivity index (χ0v) is 13.0. The average molecular weight is 327 g/mol. The van der Waals surface area contributed by atoms with Gasteiger partial charge in [-0.15, -0.1) is 0 Å². The summed E-state index contributed by atoms with van der Waals surface area (Å²) in [4.78, 5) is 10.5. The largest absolute Gasteiger partial charge is 0.376 e. The molecule has 0 bridgehead atoms. The Morgan fingerprint density at radius 2 is 1.96 bits per heavy atom. The van der Waals surface area contributed by atoms with Crippen LogP contribution in [0.1, 0.15) is 29.5 Å². The summed E-state index contributed by atoms with van der Waals surface area (Å²) in [6, 6.07) is 12.9. The normalized spacial score (nSPS) is 24.7. The lowest BCUT2D eigenvalue weighted by Gasteiger charge is -2.37. The van der Waals surface area contributed by atoms with Crippen molar-refractivity contribution in [1.29, 1.82) is 0 Å². The van der Waals surface area contributed by atoms with Crippen molar-refractivity contribution in [2.75, 3.05) is 5.32 Å². The highest BCUT2D eigenvalue weighted by molar-refractivity contribution is 6.33. The molecule has 116 valence electrons. The molecule has 0 amide bonds. The smallest absolute Gasteiger partial charge is 0.269 e. The number of hydrogen-bond acceptors (Lipinski definition) is 3. The summed E-state index contributed by atoms with van der Waals surface area (Å²) in [5.74, 6) is 0.743. The molecule has 1 heterocycles. The van der Waals surface area contributed by atoms with Crippen molar-refractivity contribution in [1.82, 2.24) is 0 Å². The molecule has 0 saturated carbocycles. The molecule has 2 aromatic rings. The summed E-state index contributed by atoms with van der Waals surface area (Å²) < 4.78 is 0. The highest BCUT2D eigenvalue weighted by Gasteiger charge is 2.38. The lowest BCUT2D eigenvalue weighted by molar-refractivity contribution is -0.384. The van der Waals surface area contributed by atoms with E-state index in [4.69, 9.17) is 11.6 Å². The van der Waals surface area contributed by atoms with E-state index in [0.29, 0.717) is 16.9 Å². The Hall–Kier alpha value is -2.33. The van der Waals surface area contributed by atoms with Gasteiger partial charge in [-0.2, -0.15) is 0 Å². The zero-order valence-electron chi connectivity index (χ0n) is 12.3. The quantitative estimate of drug-likeness (QED) is 0.476. The van der Waals surface area contributed by atoms with Gasteiger partial charge < -0.3 is 5.32 Å². The van der Waals surface area contributed by atoms with Crippen molar-refractivity contribution in [2.24, 2.45) is 5.92 Å². The molecule has 1 N–H and O–H groups in total. The van der Waals surface area contributed by atoms with Gasteiger partial charge in [-0.1, -0.05) is 48.0 Å². The maximum atomic E-state index is 10.8. The predicted octanol–water partition coefficient (Wildman–Crippen LogP) is 5.07. The Bertz CT molecular complexity index is 801. The van der Waals surface area contributed by atoms with Crippen LogP contribution in [0.2, 0.25) is 5.02 Å². The second-order valence-electron chi connectivity index (χ2n) is 6.03. The SMILES string of the molecule is O=[N+]([O-])c1ccc([C@@H]2Nc3c(Cl)cccc3[C@H]3C=CC[C@H]32)cc1. The molecule has 4 nitrogen and oxygen atoms in total. The third-order valence-corrected chi connectivity index (χ3v) is 5.12. The molecule has 0 radical (unpaired) electrons. The molecule has 5 heteroatoms. The Morgan fingerprint density at radius 3 is 2.70 bits per heavy atom. The fourth-order valence-corrected chi connectivity index (χ4v) is 3.95. The fourth-order valence-electron chi connectivity index (χ4n) is 3.72. The Balaban J connectivity index is 1.75. The Kier molecular flexibility index (Phi) is 3.34. The second kappa shape index (κ2) is 5.39. The van der Waals surface area contributed by atoms with Crippen LogP contribution in [0.4, 0.5) is 11.4 Å². The number of allylic oxidation sites excluding steroid dienone is 2. The van der Waals surface area contributed by atoms with E-state index >= 15 is 0 Å². The topological polar surface area (TPSA) is 55.2 Å². The number of nitro benzene ring substituents is 1. The summed E-state index contributed by atoms with van der Waals surface area (Å²) in [7, 11) is 0. The molecular weight excluding hydrogens is 312 g/mol. The van der Waals surface area contributed by atoms with Crippen molar-refractivity contribution in [2.45, 2.75) is 18.4 Å². The molecule has 1 aliphatic heterocycles. The van der Waals surface area contributed by atoms with Crippen molar-refractivity contribution in [3.63, 3.8) is 0 Å². The monoisotopic (exact) mass is 326 g/mol. The maximum Gasteiger partial charge on any atom is 0.269 e. The first-order valence-corrected chi connectivity index (χ1v) is 7.99. The molecule has 2 aliphatic rings. The maximum absolute atomic E-state index is 10.8. The van der Waals surface area contributed by atoms with E-state index in [2.05, 4.69) is 23.5 Å². The van der Waals surface area contributed by atoms with Crippen LogP contribution in [0.15, 0.2) is 54.6 Å². The molecule has 2 aromatic carbocycles. The summed E-state index contributed by atoms with van der Waals surface area (Å²) in [5, 5.41) is 15.1. The lowest BCUT2D eigenvalue weighted by atomic mass is 9.77. The van der Waals surface area contributed by atoms with Gasteiger partial charge in [0.05, 0.1) is 21.7 Å². The standard InChI is InChI=1S/C18H15ClN2O2/c19-16-6-2-5-15-13-3-1-4-14(13)17(20-18(15)16)11-7-9-12(10-8-11)21(22)23/h1-3,5-10,13-14,17,20H,4H2/t13-,14+,17-/m0/s1. The van der Waals surface area contributed by atoms with Crippen molar-refractivity contribution >= 4 is 23.0 Å². The van der Waals surface area contributed by atoms with Gasteiger partial charge in [-0.05, 0) is 29.5 Å². The first kappa shape index (κ1) is 14.3. The third-order valence-electron chi connectivity index (χ3n) is 4.81. The minimum Gasteiger partial charge on any atom is -0.376 e. The molecule has 1 aliphatic carbocycles. The minimum absolute atomic E-state index is 0.100. The van der Waals surface area contributed by atoms with E-state index in [1.807, 2.05) is 24.3 Å². The number of para-hydroxylation sites is 1. The van der Waals surface area contributed by atoms with Crippen LogP contribution < -0.4 is 5.32 Å². The van der Waals surface area contributed by atoms with Gasteiger partial charge in [0.1, 0.15) is 0 Å². The van der Waals surface area contributed by atoms with E-state index in [1.54, 1.807) is 12.1 Å². The summed E-state index contributed by atoms with van der Waals surface area (Å²) >= 11 is 6.38. The number of fused-ring (bicyclic) bond motifs is 3. The predicted molar refractivity (Wildman–Crippen MR) is 90.9 cm³/mol. The van der Waals surface area contributed by atoms with Gasteiger partial charge in [0.2, 0.25) is 0 Å². The van der Waals surface area contributed by atoms with Crippen LogP contribution in [-0.4, -0.2) is 4.92 Å². The van der Waals surface area contributed by atoms with Crippen LogP contribution in [0.25, 0.3) is 0 Å². The number of non-ortho nitro benzene ring substituents is 1. The second-order valence-corrected chi connectivity index (χ2v) is 6.44. The Morgan fingerprint density at radius 1 is 1.17 bits per heavy atom. The van der Waals surface area contributed by atoms with Crippen LogP contribution >= 0.6 is 11.6 Å². The van der Waals surface area contributed by atoms with Gasteiger partial charge in [0.25, 0.3) is 5.69 Å².